The summed E-state index contributed by atoms with van der Waals surface area (Å²) in [6, 6.07) is 9.85. The van der Waals surface area contributed by atoms with Gasteiger partial charge in [0.1, 0.15) is 10.7 Å². The number of nitrogens with zero attached hydrogens (tertiary/aromatic N) is 1. The summed E-state index contributed by atoms with van der Waals surface area (Å²) in [6.45, 7) is 0.105. The van der Waals surface area contributed by atoms with E-state index in [1.165, 1.54) is 24.3 Å². The molecule has 0 bridgehead atoms. The first-order valence-electron chi connectivity index (χ1n) is 6.66. The van der Waals surface area contributed by atoms with Gasteiger partial charge in [0, 0.05) is 12.1 Å². The Labute approximate surface area is 132 Å². The van der Waals surface area contributed by atoms with Crippen molar-refractivity contribution in [3.05, 3.63) is 58.9 Å². The number of hydrogen-bond acceptors (Lipinski definition) is 3. The van der Waals surface area contributed by atoms with E-state index in [4.69, 9.17) is 11.6 Å². The fraction of sp³-hybridized carbons (Fsp3) is 0.200. The Bertz CT molecular complexity index is 825. The van der Waals surface area contributed by atoms with Crippen LogP contribution < -0.4 is 4.31 Å². The van der Waals surface area contributed by atoms with Crippen molar-refractivity contribution in [2.45, 2.75) is 17.4 Å². The van der Waals surface area contributed by atoms with Crippen molar-refractivity contribution in [3.63, 3.8) is 0 Å². The minimum absolute atomic E-state index is 0.0108. The topological polar surface area (TPSA) is 57.6 Å². The van der Waals surface area contributed by atoms with Crippen LogP contribution in [0.25, 0.3) is 0 Å². The van der Waals surface area contributed by atoms with E-state index >= 15 is 0 Å². The lowest BCUT2D eigenvalue weighted by atomic mass is 10.0. The van der Waals surface area contributed by atoms with Gasteiger partial charge in [-0.05, 0) is 36.8 Å². The Kier molecular flexibility index (Phi) is 3.84. The molecule has 1 heterocycles. The molecule has 2 aromatic rings. The Balaban J connectivity index is 2.14. The highest BCUT2D eigenvalue weighted by Gasteiger charge is 2.33. The van der Waals surface area contributed by atoms with Crippen molar-refractivity contribution in [1.29, 1.82) is 0 Å². The Morgan fingerprint density at radius 1 is 1.23 bits per heavy atom. The van der Waals surface area contributed by atoms with Crippen LogP contribution in [-0.2, 0) is 10.0 Å². The molecule has 0 radical (unpaired) electrons. The predicted octanol–water partition coefficient (Wildman–Crippen LogP) is 3.11. The number of anilines is 1. The highest BCUT2D eigenvalue weighted by atomic mass is 35.5. The van der Waals surface area contributed by atoms with Gasteiger partial charge in [0.15, 0.2) is 0 Å². The summed E-state index contributed by atoms with van der Waals surface area (Å²) in [7, 11) is -3.87. The van der Waals surface area contributed by atoms with Gasteiger partial charge in [-0.3, -0.25) is 4.31 Å². The van der Waals surface area contributed by atoms with Crippen LogP contribution in [0.1, 0.15) is 18.1 Å². The van der Waals surface area contributed by atoms with Crippen molar-refractivity contribution in [3.8, 4) is 0 Å². The molecule has 0 spiro atoms. The first kappa shape index (κ1) is 15.3. The molecule has 1 atom stereocenters. The van der Waals surface area contributed by atoms with Gasteiger partial charge in [0.2, 0.25) is 0 Å². The summed E-state index contributed by atoms with van der Waals surface area (Å²) in [5, 5.41) is 10.1. The number of aliphatic hydroxyl groups is 1. The lowest BCUT2D eigenvalue weighted by molar-refractivity contribution is 0.166. The maximum Gasteiger partial charge on any atom is 0.265 e. The van der Waals surface area contributed by atoms with Crippen LogP contribution in [0.15, 0.2) is 47.4 Å². The average molecular weight is 342 g/mol. The van der Waals surface area contributed by atoms with Gasteiger partial charge in [-0.2, -0.15) is 0 Å². The van der Waals surface area contributed by atoms with Crippen molar-refractivity contribution in [2.24, 2.45) is 0 Å². The molecule has 3 rings (SSSR count). The number of benzene rings is 2. The molecule has 0 aliphatic carbocycles. The second kappa shape index (κ2) is 5.53. The van der Waals surface area contributed by atoms with Gasteiger partial charge in [-0.15, -0.1) is 0 Å². The summed E-state index contributed by atoms with van der Waals surface area (Å²) in [5.74, 6) is -0.519. The molecule has 1 N–H and O–H groups in total. The van der Waals surface area contributed by atoms with Gasteiger partial charge in [0.25, 0.3) is 10.0 Å². The van der Waals surface area contributed by atoms with Gasteiger partial charge < -0.3 is 5.11 Å². The largest absolute Gasteiger partial charge is 0.388 e. The van der Waals surface area contributed by atoms with Gasteiger partial charge >= 0.3 is 0 Å². The summed E-state index contributed by atoms with van der Waals surface area (Å²) < 4.78 is 40.2. The molecule has 1 aliphatic rings. The number of hydrogen-bond donors (Lipinski definition) is 1. The minimum atomic E-state index is -3.87. The van der Waals surface area contributed by atoms with Crippen LogP contribution >= 0.6 is 11.6 Å². The lowest BCUT2D eigenvalue weighted by Gasteiger charge is -2.33. The smallest absolute Gasteiger partial charge is 0.265 e. The van der Waals surface area contributed by atoms with E-state index in [-0.39, 0.29) is 34.1 Å². The Morgan fingerprint density at radius 2 is 1.95 bits per heavy atom. The number of fused-ring (bicyclic) bond motifs is 1. The van der Waals surface area contributed by atoms with E-state index in [0.29, 0.717) is 0 Å². The molecule has 7 heteroatoms. The monoisotopic (exact) mass is 341 g/mol. The molecule has 116 valence electrons. The summed E-state index contributed by atoms with van der Waals surface area (Å²) in [6.07, 6.45) is -0.691. The molecule has 0 saturated carbocycles. The third-order valence-corrected chi connectivity index (χ3v) is 5.94. The molecular formula is C15H13ClFNO3S. The Morgan fingerprint density at radius 3 is 2.68 bits per heavy atom. The van der Waals surface area contributed by atoms with E-state index in [0.717, 1.165) is 10.4 Å². The maximum atomic E-state index is 13.4. The maximum absolute atomic E-state index is 13.4. The number of rotatable bonds is 2. The van der Waals surface area contributed by atoms with Crippen LogP contribution in [0, 0.1) is 5.82 Å². The Hall–Kier alpha value is -1.63. The fourth-order valence-electron chi connectivity index (χ4n) is 2.56. The zero-order chi connectivity index (χ0) is 15.9. The third-order valence-electron chi connectivity index (χ3n) is 3.63. The van der Waals surface area contributed by atoms with E-state index in [2.05, 4.69) is 0 Å². The molecule has 0 amide bonds. The van der Waals surface area contributed by atoms with Crippen molar-refractivity contribution < 1.29 is 17.9 Å². The van der Waals surface area contributed by atoms with Crippen molar-refractivity contribution >= 4 is 27.3 Å². The zero-order valence-corrected chi connectivity index (χ0v) is 13.0. The zero-order valence-electron chi connectivity index (χ0n) is 11.4. The van der Waals surface area contributed by atoms with Crippen LogP contribution in [-0.4, -0.2) is 20.1 Å². The molecular weight excluding hydrogens is 329 g/mol. The molecule has 4 nitrogen and oxygen atoms in total. The molecule has 0 saturated heterocycles. The highest BCUT2D eigenvalue weighted by molar-refractivity contribution is 7.93. The predicted molar refractivity (Wildman–Crippen MR) is 82.0 cm³/mol. The molecule has 2 aromatic carbocycles. The van der Waals surface area contributed by atoms with E-state index < -0.39 is 21.9 Å². The van der Waals surface area contributed by atoms with Gasteiger partial charge in [-0.1, -0.05) is 23.7 Å². The van der Waals surface area contributed by atoms with Crippen LogP contribution in [0.5, 0.6) is 0 Å². The van der Waals surface area contributed by atoms with Crippen LogP contribution in [0.2, 0.25) is 5.02 Å². The van der Waals surface area contributed by atoms with Crippen molar-refractivity contribution in [2.75, 3.05) is 10.8 Å². The summed E-state index contributed by atoms with van der Waals surface area (Å²) >= 11 is 5.99. The van der Waals surface area contributed by atoms with E-state index in [1.807, 2.05) is 0 Å². The normalized spacial score (nSPS) is 18.1. The quantitative estimate of drug-likeness (QED) is 0.913. The standard InChI is InChI=1S/C15H13ClFNO3S/c16-12-3-1-2-4-15(12)22(20,21)18-8-7-14(19)11-9-10(17)5-6-13(11)18/h1-6,9,14,19H,7-8H2. The molecule has 1 unspecified atom stereocenters. The van der Waals surface area contributed by atoms with E-state index in [9.17, 15) is 17.9 Å². The van der Waals surface area contributed by atoms with Gasteiger partial charge in [0.05, 0.1) is 16.8 Å². The average Bonchev–Trinajstić information content (AvgIpc) is 2.48. The number of halogens is 2. The number of aliphatic hydroxyl groups excluding tert-OH is 1. The second-order valence-corrected chi connectivity index (χ2v) is 7.25. The van der Waals surface area contributed by atoms with Gasteiger partial charge in [-0.25, -0.2) is 12.8 Å². The summed E-state index contributed by atoms with van der Waals surface area (Å²) in [5.41, 5.74) is 0.543. The molecule has 0 aromatic heterocycles. The third kappa shape index (κ3) is 2.47. The van der Waals surface area contributed by atoms with Crippen LogP contribution in [0.4, 0.5) is 10.1 Å². The van der Waals surface area contributed by atoms with Crippen LogP contribution in [0.3, 0.4) is 0 Å². The highest BCUT2D eigenvalue weighted by Crippen LogP contribution is 2.38. The SMILES string of the molecule is O=S(=O)(c1ccccc1Cl)N1CCC(O)c2cc(F)ccc21. The lowest BCUT2D eigenvalue weighted by Crippen LogP contribution is -2.36. The van der Waals surface area contributed by atoms with E-state index in [1.54, 1.807) is 12.1 Å². The molecule has 0 fully saturated rings. The molecule has 1 aliphatic heterocycles. The second-order valence-electron chi connectivity index (χ2n) is 5.02. The number of sulfonamides is 1. The first-order valence-corrected chi connectivity index (χ1v) is 8.48. The first-order chi connectivity index (χ1) is 10.4. The summed E-state index contributed by atoms with van der Waals surface area (Å²) in [4.78, 5) is -0.0108. The van der Waals surface area contributed by atoms with Crippen molar-refractivity contribution in [1.82, 2.24) is 0 Å². The molecule has 22 heavy (non-hydrogen) atoms. The fourth-order valence-corrected chi connectivity index (χ4v) is 4.56. The minimum Gasteiger partial charge on any atom is -0.388 e.